The molecule has 0 aromatic heterocycles. The molecule has 0 aliphatic carbocycles. The van der Waals surface area contributed by atoms with E-state index in [1.807, 2.05) is 18.2 Å². The zero-order valence-corrected chi connectivity index (χ0v) is 10.3. The van der Waals surface area contributed by atoms with E-state index in [9.17, 15) is 5.11 Å². The molecule has 3 rings (SSSR count). The SMILES string of the molecule is OC1COc2cc(OCC3CCOCC3)ccc21. The summed E-state index contributed by atoms with van der Waals surface area (Å²) in [4.78, 5) is 0. The minimum absolute atomic E-state index is 0.346. The van der Waals surface area contributed by atoms with Crippen LogP contribution in [0.25, 0.3) is 0 Å². The van der Waals surface area contributed by atoms with Crippen LogP contribution in [0.3, 0.4) is 0 Å². The van der Waals surface area contributed by atoms with Crippen molar-refractivity contribution >= 4 is 0 Å². The van der Waals surface area contributed by atoms with Crippen LogP contribution in [-0.2, 0) is 4.74 Å². The largest absolute Gasteiger partial charge is 0.493 e. The van der Waals surface area contributed by atoms with Crippen LogP contribution in [0.15, 0.2) is 18.2 Å². The van der Waals surface area contributed by atoms with E-state index in [1.165, 1.54) is 0 Å². The highest BCUT2D eigenvalue weighted by molar-refractivity contribution is 5.44. The van der Waals surface area contributed by atoms with Gasteiger partial charge in [0, 0.05) is 24.8 Å². The average molecular weight is 250 g/mol. The Bertz CT molecular complexity index is 412. The highest BCUT2D eigenvalue weighted by atomic mass is 16.5. The summed E-state index contributed by atoms with van der Waals surface area (Å²) in [5.74, 6) is 2.14. The van der Waals surface area contributed by atoms with Gasteiger partial charge in [-0.15, -0.1) is 0 Å². The molecule has 1 aromatic carbocycles. The quantitative estimate of drug-likeness (QED) is 0.890. The van der Waals surface area contributed by atoms with Crippen molar-refractivity contribution in [3.05, 3.63) is 23.8 Å². The predicted molar refractivity (Wildman–Crippen MR) is 65.9 cm³/mol. The number of hydrogen-bond donors (Lipinski definition) is 1. The molecule has 0 radical (unpaired) electrons. The summed E-state index contributed by atoms with van der Waals surface area (Å²) < 4.78 is 16.5. The average Bonchev–Trinajstić information content (AvgIpc) is 2.79. The third kappa shape index (κ3) is 2.44. The molecule has 1 unspecified atom stereocenters. The Labute approximate surface area is 106 Å². The van der Waals surface area contributed by atoms with Gasteiger partial charge in [-0.1, -0.05) is 0 Å². The fraction of sp³-hybridized carbons (Fsp3) is 0.571. The molecule has 1 N–H and O–H groups in total. The minimum Gasteiger partial charge on any atom is -0.493 e. The summed E-state index contributed by atoms with van der Waals surface area (Å²) in [7, 11) is 0. The Morgan fingerprint density at radius 1 is 1.28 bits per heavy atom. The highest BCUT2D eigenvalue weighted by Crippen LogP contribution is 2.35. The molecule has 98 valence electrons. The van der Waals surface area contributed by atoms with Crippen molar-refractivity contribution < 1.29 is 19.3 Å². The lowest BCUT2D eigenvalue weighted by Crippen LogP contribution is -2.21. The van der Waals surface area contributed by atoms with Gasteiger partial charge >= 0.3 is 0 Å². The standard InChI is InChI=1S/C14H18O4/c15-13-9-18-14-7-11(1-2-12(13)14)17-8-10-3-5-16-6-4-10/h1-2,7,10,13,15H,3-6,8-9H2. The third-order valence-electron chi connectivity index (χ3n) is 3.57. The molecule has 0 spiro atoms. The lowest BCUT2D eigenvalue weighted by molar-refractivity contribution is 0.0497. The molecule has 1 atom stereocenters. The number of rotatable bonds is 3. The lowest BCUT2D eigenvalue weighted by Gasteiger charge is -2.22. The van der Waals surface area contributed by atoms with Gasteiger partial charge in [0.05, 0.1) is 6.61 Å². The van der Waals surface area contributed by atoms with Crippen LogP contribution in [0.2, 0.25) is 0 Å². The maximum Gasteiger partial charge on any atom is 0.129 e. The van der Waals surface area contributed by atoms with Crippen LogP contribution in [0, 0.1) is 5.92 Å². The van der Waals surface area contributed by atoms with Crippen LogP contribution in [0.4, 0.5) is 0 Å². The van der Waals surface area contributed by atoms with Crippen LogP contribution >= 0.6 is 0 Å². The first-order chi connectivity index (χ1) is 8.83. The Hall–Kier alpha value is -1.26. The molecule has 0 saturated carbocycles. The Balaban J connectivity index is 1.60. The second-order valence-corrected chi connectivity index (χ2v) is 4.89. The van der Waals surface area contributed by atoms with Crippen molar-refractivity contribution in [2.24, 2.45) is 5.92 Å². The van der Waals surface area contributed by atoms with E-state index in [2.05, 4.69) is 0 Å². The van der Waals surface area contributed by atoms with Crippen molar-refractivity contribution in [2.75, 3.05) is 26.4 Å². The van der Waals surface area contributed by atoms with E-state index >= 15 is 0 Å². The topological polar surface area (TPSA) is 47.9 Å². The lowest BCUT2D eigenvalue weighted by atomic mass is 10.0. The highest BCUT2D eigenvalue weighted by Gasteiger charge is 2.22. The van der Waals surface area contributed by atoms with Crippen LogP contribution < -0.4 is 9.47 Å². The number of aliphatic hydroxyl groups is 1. The van der Waals surface area contributed by atoms with Gasteiger partial charge in [-0.2, -0.15) is 0 Å². The summed E-state index contributed by atoms with van der Waals surface area (Å²) in [5, 5.41) is 9.63. The third-order valence-corrected chi connectivity index (χ3v) is 3.57. The molecule has 4 heteroatoms. The van der Waals surface area contributed by atoms with Gasteiger partial charge in [-0.3, -0.25) is 0 Å². The Kier molecular flexibility index (Phi) is 3.39. The molecule has 2 aliphatic rings. The summed E-state index contributed by atoms with van der Waals surface area (Å²) in [5.41, 5.74) is 0.855. The van der Waals surface area contributed by atoms with Gasteiger partial charge in [-0.05, 0) is 30.9 Å². The molecule has 0 bridgehead atoms. The first-order valence-electron chi connectivity index (χ1n) is 6.48. The Morgan fingerprint density at radius 3 is 2.94 bits per heavy atom. The van der Waals surface area contributed by atoms with Gasteiger partial charge < -0.3 is 19.3 Å². The first kappa shape index (κ1) is 11.8. The smallest absolute Gasteiger partial charge is 0.129 e. The van der Waals surface area contributed by atoms with Gasteiger partial charge in [0.15, 0.2) is 0 Å². The fourth-order valence-corrected chi connectivity index (χ4v) is 2.39. The van der Waals surface area contributed by atoms with Crippen molar-refractivity contribution in [2.45, 2.75) is 18.9 Å². The molecule has 1 fully saturated rings. The maximum absolute atomic E-state index is 9.63. The normalized spacial score (nSPS) is 23.5. The Morgan fingerprint density at radius 2 is 2.11 bits per heavy atom. The first-order valence-corrected chi connectivity index (χ1v) is 6.48. The summed E-state index contributed by atoms with van der Waals surface area (Å²) >= 11 is 0. The second kappa shape index (κ2) is 5.16. The molecular weight excluding hydrogens is 232 g/mol. The molecule has 1 saturated heterocycles. The zero-order valence-electron chi connectivity index (χ0n) is 10.3. The fourth-order valence-electron chi connectivity index (χ4n) is 2.39. The van der Waals surface area contributed by atoms with Crippen molar-refractivity contribution in [3.8, 4) is 11.5 Å². The van der Waals surface area contributed by atoms with E-state index in [0.717, 1.165) is 49.7 Å². The monoisotopic (exact) mass is 250 g/mol. The number of hydrogen-bond acceptors (Lipinski definition) is 4. The predicted octanol–water partition coefficient (Wildman–Crippen LogP) is 1.92. The number of fused-ring (bicyclic) bond motifs is 1. The van der Waals surface area contributed by atoms with Gasteiger partial charge in [-0.25, -0.2) is 0 Å². The molecule has 0 amide bonds. The van der Waals surface area contributed by atoms with E-state index in [0.29, 0.717) is 12.5 Å². The van der Waals surface area contributed by atoms with Crippen molar-refractivity contribution in [1.82, 2.24) is 0 Å². The molecule has 4 nitrogen and oxygen atoms in total. The summed E-state index contributed by atoms with van der Waals surface area (Å²) in [6.07, 6.45) is 1.64. The minimum atomic E-state index is -0.496. The molecule has 2 aliphatic heterocycles. The second-order valence-electron chi connectivity index (χ2n) is 4.89. The van der Waals surface area contributed by atoms with Crippen LogP contribution in [0.5, 0.6) is 11.5 Å². The van der Waals surface area contributed by atoms with Gasteiger partial charge in [0.25, 0.3) is 0 Å². The van der Waals surface area contributed by atoms with E-state index in [-0.39, 0.29) is 0 Å². The van der Waals surface area contributed by atoms with E-state index < -0.39 is 6.10 Å². The van der Waals surface area contributed by atoms with Crippen molar-refractivity contribution in [3.63, 3.8) is 0 Å². The molecule has 18 heavy (non-hydrogen) atoms. The van der Waals surface area contributed by atoms with Gasteiger partial charge in [0.2, 0.25) is 0 Å². The van der Waals surface area contributed by atoms with Gasteiger partial charge in [0.1, 0.15) is 24.2 Å². The van der Waals surface area contributed by atoms with Crippen LogP contribution in [0.1, 0.15) is 24.5 Å². The molecule has 2 heterocycles. The summed E-state index contributed by atoms with van der Waals surface area (Å²) in [6.45, 7) is 2.75. The van der Waals surface area contributed by atoms with Crippen molar-refractivity contribution in [1.29, 1.82) is 0 Å². The maximum atomic E-state index is 9.63. The van der Waals surface area contributed by atoms with Crippen LogP contribution in [-0.4, -0.2) is 31.5 Å². The van der Waals surface area contributed by atoms with E-state index in [4.69, 9.17) is 14.2 Å². The number of aliphatic hydroxyl groups excluding tert-OH is 1. The molecular formula is C14H18O4. The zero-order chi connectivity index (χ0) is 12.4. The van der Waals surface area contributed by atoms with E-state index in [1.54, 1.807) is 0 Å². The number of benzene rings is 1. The summed E-state index contributed by atoms with van der Waals surface area (Å²) in [6, 6.07) is 5.65. The number of ether oxygens (including phenoxy) is 3. The molecule has 1 aromatic rings.